The van der Waals surface area contributed by atoms with Crippen molar-refractivity contribution in [2.24, 2.45) is 0 Å². The molecule has 0 aromatic heterocycles. The van der Waals surface area contributed by atoms with Gasteiger partial charge in [0.25, 0.3) is 0 Å². The Labute approximate surface area is 114 Å². The van der Waals surface area contributed by atoms with Gasteiger partial charge in [-0.1, -0.05) is 49.4 Å². The first-order valence-corrected chi connectivity index (χ1v) is 6.63. The SMILES string of the molecule is CCC(c1ccccc1)C(O)c1cccc(OC)c1. The van der Waals surface area contributed by atoms with E-state index in [-0.39, 0.29) is 5.92 Å². The van der Waals surface area contributed by atoms with E-state index in [2.05, 4.69) is 19.1 Å². The van der Waals surface area contributed by atoms with Gasteiger partial charge in [0.15, 0.2) is 0 Å². The molecule has 0 radical (unpaired) electrons. The normalized spacial score (nSPS) is 13.8. The standard InChI is InChI=1S/C17H20O2/c1-3-16(13-8-5-4-6-9-13)17(18)14-10-7-11-15(12-14)19-2/h4-12,16-18H,3H2,1-2H3. The van der Waals surface area contributed by atoms with Crippen molar-refractivity contribution in [3.63, 3.8) is 0 Å². The van der Waals surface area contributed by atoms with E-state index in [1.54, 1.807) is 7.11 Å². The minimum absolute atomic E-state index is 0.105. The van der Waals surface area contributed by atoms with Gasteiger partial charge in [-0.05, 0) is 29.7 Å². The number of benzene rings is 2. The molecular weight excluding hydrogens is 236 g/mol. The van der Waals surface area contributed by atoms with E-state index in [0.717, 1.165) is 17.7 Å². The van der Waals surface area contributed by atoms with Gasteiger partial charge in [0, 0.05) is 5.92 Å². The van der Waals surface area contributed by atoms with Crippen LogP contribution >= 0.6 is 0 Å². The van der Waals surface area contributed by atoms with Crippen LogP contribution in [0.4, 0.5) is 0 Å². The van der Waals surface area contributed by atoms with Gasteiger partial charge in [0.05, 0.1) is 13.2 Å². The van der Waals surface area contributed by atoms with Gasteiger partial charge in [-0.25, -0.2) is 0 Å². The highest BCUT2D eigenvalue weighted by molar-refractivity contribution is 5.32. The molecular formula is C17H20O2. The Kier molecular flexibility index (Phi) is 4.58. The number of aliphatic hydroxyl groups excluding tert-OH is 1. The first-order valence-electron chi connectivity index (χ1n) is 6.63. The zero-order valence-electron chi connectivity index (χ0n) is 11.4. The summed E-state index contributed by atoms with van der Waals surface area (Å²) in [6.07, 6.45) is 0.380. The van der Waals surface area contributed by atoms with Crippen molar-refractivity contribution in [3.8, 4) is 5.75 Å². The number of ether oxygens (including phenoxy) is 1. The van der Waals surface area contributed by atoms with E-state index in [1.807, 2.05) is 42.5 Å². The summed E-state index contributed by atoms with van der Waals surface area (Å²) in [5.41, 5.74) is 2.07. The molecule has 2 aromatic rings. The van der Waals surface area contributed by atoms with Crippen molar-refractivity contribution >= 4 is 0 Å². The van der Waals surface area contributed by atoms with Crippen molar-refractivity contribution in [2.45, 2.75) is 25.4 Å². The number of hydrogen-bond donors (Lipinski definition) is 1. The molecule has 2 aromatic carbocycles. The van der Waals surface area contributed by atoms with Gasteiger partial charge < -0.3 is 9.84 Å². The maximum Gasteiger partial charge on any atom is 0.119 e. The van der Waals surface area contributed by atoms with E-state index < -0.39 is 6.10 Å². The zero-order valence-corrected chi connectivity index (χ0v) is 11.4. The molecule has 0 saturated carbocycles. The van der Waals surface area contributed by atoms with Crippen molar-refractivity contribution in [1.29, 1.82) is 0 Å². The van der Waals surface area contributed by atoms with Gasteiger partial charge in [0.2, 0.25) is 0 Å². The number of aliphatic hydroxyl groups is 1. The molecule has 2 nitrogen and oxygen atoms in total. The highest BCUT2D eigenvalue weighted by Gasteiger charge is 2.21. The van der Waals surface area contributed by atoms with Crippen molar-refractivity contribution in [1.82, 2.24) is 0 Å². The predicted octanol–water partition coefficient (Wildman–Crippen LogP) is 3.92. The van der Waals surface area contributed by atoms with E-state index in [4.69, 9.17) is 4.74 Å². The highest BCUT2D eigenvalue weighted by atomic mass is 16.5. The van der Waals surface area contributed by atoms with Crippen molar-refractivity contribution < 1.29 is 9.84 Å². The predicted molar refractivity (Wildman–Crippen MR) is 77.4 cm³/mol. The van der Waals surface area contributed by atoms with Crippen LogP contribution in [0.25, 0.3) is 0 Å². The molecule has 0 aliphatic heterocycles. The monoisotopic (exact) mass is 256 g/mol. The van der Waals surface area contributed by atoms with Gasteiger partial charge in [-0.15, -0.1) is 0 Å². The van der Waals surface area contributed by atoms with Crippen molar-refractivity contribution in [2.75, 3.05) is 7.11 Å². The first-order chi connectivity index (χ1) is 9.26. The lowest BCUT2D eigenvalue weighted by molar-refractivity contribution is 0.142. The van der Waals surface area contributed by atoms with Crippen molar-refractivity contribution in [3.05, 3.63) is 65.7 Å². The van der Waals surface area contributed by atoms with Crippen LogP contribution in [0.15, 0.2) is 54.6 Å². The number of rotatable bonds is 5. The van der Waals surface area contributed by atoms with Crippen LogP contribution in [0, 0.1) is 0 Å². The van der Waals surface area contributed by atoms with Gasteiger partial charge in [-0.2, -0.15) is 0 Å². The van der Waals surface area contributed by atoms with Crippen LogP contribution in [-0.4, -0.2) is 12.2 Å². The maximum atomic E-state index is 10.6. The fourth-order valence-corrected chi connectivity index (χ4v) is 2.40. The summed E-state index contributed by atoms with van der Waals surface area (Å²) in [5.74, 6) is 0.882. The highest BCUT2D eigenvalue weighted by Crippen LogP contribution is 2.34. The second-order valence-electron chi connectivity index (χ2n) is 4.65. The van der Waals surface area contributed by atoms with E-state index >= 15 is 0 Å². The lowest BCUT2D eigenvalue weighted by atomic mass is 9.87. The molecule has 1 N–H and O–H groups in total. The molecule has 0 aliphatic rings. The second kappa shape index (κ2) is 6.39. The molecule has 2 atom stereocenters. The van der Waals surface area contributed by atoms with Crippen LogP contribution in [-0.2, 0) is 0 Å². The molecule has 0 aliphatic carbocycles. The summed E-state index contributed by atoms with van der Waals surface area (Å²) in [6.45, 7) is 2.10. The summed E-state index contributed by atoms with van der Waals surface area (Å²) in [7, 11) is 1.64. The van der Waals surface area contributed by atoms with E-state index in [9.17, 15) is 5.11 Å². The van der Waals surface area contributed by atoms with Crippen LogP contribution in [0.3, 0.4) is 0 Å². The summed E-state index contributed by atoms with van der Waals surface area (Å²) < 4.78 is 5.21. The Hall–Kier alpha value is -1.80. The molecule has 19 heavy (non-hydrogen) atoms. The second-order valence-corrected chi connectivity index (χ2v) is 4.65. The lowest BCUT2D eigenvalue weighted by Crippen LogP contribution is -2.10. The minimum atomic E-state index is -0.512. The number of hydrogen-bond acceptors (Lipinski definition) is 2. The summed E-state index contributed by atoms with van der Waals surface area (Å²) in [6, 6.07) is 17.8. The summed E-state index contributed by atoms with van der Waals surface area (Å²) in [5, 5.41) is 10.6. The number of methoxy groups -OCH3 is 1. The van der Waals surface area contributed by atoms with Gasteiger partial charge in [0.1, 0.15) is 5.75 Å². The maximum absolute atomic E-state index is 10.6. The lowest BCUT2D eigenvalue weighted by Gasteiger charge is -2.22. The average Bonchev–Trinajstić information content (AvgIpc) is 2.49. The molecule has 2 unspecified atom stereocenters. The Morgan fingerprint density at radius 3 is 2.32 bits per heavy atom. The molecule has 0 heterocycles. The minimum Gasteiger partial charge on any atom is -0.497 e. The third-order valence-electron chi connectivity index (χ3n) is 3.48. The summed E-state index contributed by atoms with van der Waals surface area (Å²) in [4.78, 5) is 0. The van der Waals surface area contributed by atoms with E-state index in [0.29, 0.717) is 0 Å². The Morgan fingerprint density at radius 2 is 1.68 bits per heavy atom. The topological polar surface area (TPSA) is 29.5 Å². The molecule has 2 heteroatoms. The Bertz CT molecular complexity index is 508. The van der Waals surface area contributed by atoms with Crippen LogP contribution < -0.4 is 4.74 Å². The third kappa shape index (κ3) is 3.15. The average molecular weight is 256 g/mol. The molecule has 0 fully saturated rings. The third-order valence-corrected chi connectivity index (χ3v) is 3.48. The van der Waals surface area contributed by atoms with Crippen LogP contribution in [0.1, 0.15) is 36.5 Å². The fraction of sp³-hybridized carbons (Fsp3) is 0.294. The van der Waals surface area contributed by atoms with Crippen LogP contribution in [0.5, 0.6) is 5.75 Å². The van der Waals surface area contributed by atoms with Gasteiger partial charge in [-0.3, -0.25) is 0 Å². The Morgan fingerprint density at radius 1 is 1.00 bits per heavy atom. The molecule has 0 spiro atoms. The largest absolute Gasteiger partial charge is 0.497 e. The zero-order chi connectivity index (χ0) is 13.7. The fourth-order valence-electron chi connectivity index (χ4n) is 2.40. The van der Waals surface area contributed by atoms with E-state index in [1.165, 1.54) is 5.56 Å². The van der Waals surface area contributed by atoms with Gasteiger partial charge >= 0.3 is 0 Å². The molecule has 2 rings (SSSR count). The smallest absolute Gasteiger partial charge is 0.119 e. The van der Waals surface area contributed by atoms with Crippen LogP contribution in [0.2, 0.25) is 0 Å². The Balaban J connectivity index is 2.27. The molecule has 0 bridgehead atoms. The molecule has 100 valence electrons. The quantitative estimate of drug-likeness (QED) is 0.878. The summed E-state index contributed by atoms with van der Waals surface area (Å²) >= 11 is 0. The molecule has 0 saturated heterocycles. The first kappa shape index (κ1) is 13.6. The molecule has 0 amide bonds.